The fourth-order valence-corrected chi connectivity index (χ4v) is 3.66. The first kappa shape index (κ1) is 18.0. The average Bonchev–Trinajstić information content (AvgIpc) is 3.37. The number of hydrogen-bond donors (Lipinski definition) is 1. The van der Waals surface area contributed by atoms with Crippen molar-refractivity contribution in [3.05, 3.63) is 60.2 Å². The number of thioether (sulfide) groups is 1. The number of ether oxygens (including phenoxy) is 1. The zero-order chi connectivity index (χ0) is 18.6. The van der Waals surface area contributed by atoms with Crippen LogP contribution in [0.2, 0.25) is 0 Å². The minimum absolute atomic E-state index is 0.0747. The van der Waals surface area contributed by atoms with Crippen LogP contribution in [0, 0.1) is 0 Å². The van der Waals surface area contributed by atoms with Gasteiger partial charge in [0.25, 0.3) is 5.22 Å². The van der Waals surface area contributed by atoms with Crippen molar-refractivity contribution in [1.29, 1.82) is 0 Å². The molecule has 2 heterocycles. The number of anilines is 1. The highest BCUT2D eigenvalue weighted by Crippen LogP contribution is 2.28. The smallest absolute Gasteiger partial charge is 0.276 e. The van der Waals surface area contributed by atoms with E-state index < -0.39 is 0 Å². The van der Waals surface area contributed by atoms with Crippen molar-refractivity contribution in [2.75, 3.05) is 31.3 Å². The van der Waals surface area contributed by atoms with Gasteiger partial charge in [-0.3, -0.25) is 5.32 Å². The van der Waals surface area contributed by atoms with Gasteiger partial charge in [0.1, 0.15) is 6.23 Å². The van der Waals surface area contributed by atoms with Crippen LogP contribution < -0.4 is 10.2 Å². The van der Waals surface area contributed by atoms with Crippen LogP contribution in [0.4, 0.5) is 5.69 Å². The molecule has 4 rings (SSSR count). The molecule has 2 atom stereocenters. The molecule has 27 heavy (non-hydrogen) atoms. The van der Waals surface area contributed by atoms with Gasteiger partial charge in [-0.25, -0.2) is 0 Å². The molecule has 6 nitrogen and oxygen atoms in total. The standard InChI is InChI=1S/C20H22N4O2S/c1-24(2)16-10-8-15(9-11-16)18-21-12-17(25-18)13-27-20-23-22-19(26-20)14-6-4-3-5-7-14/h3-11,17-18,21H,12-13H2,1-2H3/t17-,18-/m1/s1. The Morgan fingerprint density at radius 3 is 2.59 bits per heavy atom. The minimum atomic E-state index is -0.0747. The third-order valence-corrected chi connectivity index (χ3v) is 5.34. The first-order valence-electron chi connectivity index (χ1n) is 8.87. The fraction of sp³-hybridized carbons (Fsp3) is 0.300. The van der Waals surface area contributed by atoms with Gasteiger partial charge in [-0.05, 0) is 29.8 Å². The predicted molar refractivity (Wildman–Crippen MR) is 107 cm³/mol. The number of aromatic nitrogens is 2. The maximum Gasteiger partial charge on any atom is 0.276 e. The molecule has 1 saturated heterocycles. The number of rotatable bonds is 6. The maximum absolute atomic E-state index is 6.13. The van der Waals surface area contributed by atoms with E-state index in [0.29, 0.717) is 11.1 Å². The van der Waals surface area contributed by atoms with Gasteiger partial charge in [-0.15, -0.1) is 10.2 Å². The Morgan fingerprint density at radius 1 is 1.07 bits per heavy atom. The largest absolute Gasteiger partial charge is 0.411 e. The van der Waals surface area contributed by atoms with Crippen molar-refractivity contribution >= 4 is 17.4 Å². The molecule has 0 saturated carbocycles. The molecule has 140 valence electrons. The van der Waals surface area contributed by atoms with Crippen LogP contribution in [-0.2, 0) is 4.74 Å². The molecule has 0 bridgehead atoms. The summed E-state index contributed by atoms with van der Waals surface area (Å²) in [5.41, 5.74) is 3.24. The second-order valence-electron chi connectivity index (χ2n) is 6.58. The van der Waals surface area contributed by atoms with Gasteiger partial charge in [-0.2, -0.15) is 0 Å². The number of benzene rings is 2. The topological polar surface area (TPSA) is 63.4 Å². The Kier molecular flexibility index (Phi) is 5.42. The molecule has 0 amide bonds. The van der Waals surface area contributed by atoms with Gasteiger partial charge < -0.3 is 14.1 Å². The molecular weight excluding hydrogens is 360 g/mol. The van der Waals surface area contributed by atoms with E-state index >= 15 is 0 Å². The molecule has 0 aliphatic carbocycles. The summed E-state index contributed by atoms with van der Waals surface area (Å²) in [4.78, 5) is 2.08. The highest BCUT2D eigenvalue weighted by Gasteiger charge is 2.26. The first-order chi connectivity index (χ1) is 13.2. The van der Waals surface area contributed by atoms with E-state index in [1.165, 1.54) is 17.4 Å². The SMILES string of the molecule is CN(C)c1ccc([C@@H]2NC[C@H](CSc3nnc(-c4ccccc4)o3)O2)cc1. The van der Waals surface area contributed by atoms with E-state index in [-0.39, 0.29) is 12.3 Å². The summed E-state index contributed by atoms with van der Waals surface area (Å²) >= 11 is 1.52. The Balaban J connectivity index is 1.31. The van der Waals surface area contributed by atoms with Crippen molar-refractivity contribution in [3.8, 4) is 11.5 Å². The van der Waals surface area contributed by atoms with E-state index in [9.17, 15) is 0 Å². The normalized spacial score (nSPS) is 19.3. The fourth-order valence-electron chi connectivity index (χ4n) is 2.90. The van der Waals surface area contributed by atoms with Crippen LogP contribution in [0.25, 0.3) is 11.5 Å². The molecule has 0 radical (unpaired) electrons. The van der Waals surface area contributed by atoms with Crippen molar-refractivity contribution in [3.63, 3.8) is 0 Å². The van der Waals surface area contributed by atoms with Crippen molar-refractivity contribution < 1.29 is 9.15 Å². The molecule has 2 aromatic carbocycles. The lowest BCUT2D eigenvalue weighted by molar-refractivity contribution is 0.0534. The lowest BCUT2D eigenvalue weighted by Gasteiger charge is -2.16. The molecule has 1 fully saturated rings. The summed E-state index contributed by atoms with van der Waals surface area (Å²) in [6, 6.07) is 18.2. The summed E-state index contributed by atoms with van der Waals surface area (Å²) in [6.07, 6.45) is 0.0231. The van der Waals surface area contributed by atoms with E-state index in [1.807, 2.05) is 44.4 Å². The van der Waals surface area contributed by atoms with E-state index in [1.54, 1.807) is 0 Å². The van der Waals surface area contributed by atoms with Crippen molar-refractivity contribution in [2.45, 2.75) is 17.6 Å². The highest BCUT2D eigenvalue weighted by molar-refractivity contribution is 7.99. The average molecular weight is 382 g/mol. The van der Waals surface area contributed by atoms with Gasteiger partial charge in [0.05, 0.1) is 6.10 Å². The number of nitrogens with one attached hydrogen (secondary N) is 1. The summed E-state index contributed by atoms with van der Waals surface area (Å²) in [7, 11) is 4.07. The van der Waals surface area contributed by atoms with Crippen molar-refractivity contribution in [2.24, 2.45) is 0 Å². The monoisotopic (exact) mass is 382 g/mol. The third kappa shape index (κ3) is 4.32. The van der Waals surface area contributed by atoms with Crippen LogP contribution in [0.3, 0.4) is 0 Å². The van der Waals surface area contributed by atoms with Gasteiger partial charge in [0, 0.05) is 37.6 Å². The molecular formula is C20H22N4O2S. The zero-order valence-electron chi connectivity index (χ0n) is 15.3. The van der Waals surface area contributed by atoms with Crippen LogP contribution in [0.15, 0.2) is 64.2 Å². The lowest BCUT2D eigenvalue weighted by Crippen LogP contribution is -2.16. The summed E-state index contributed by atoms with van der Waals surface area (Å²) in [6.45, 7) is 0.798. The Labute approximate surface area is 162 Å². The van der Waals surface area contributed by atoms with Crippen LogP contribution in [0.5, 0.6) is 0 Å². The third-order valence-electron chi connectivity index (χ3n) is 4.39. The molecule has 1 N–H and O–H groups in total. The molecule has 3 aromatic rings. The van der Waals surface area contributed by atoms with Gasteiger partial charge in [-0.1, -0.05) is 42.1 Å². The molecule has 1 aliphatic heterocycles. The molecule has 7 heteroatoms. The second kappa shape index (κ2) is 8.12. The molecule has 1 aliphatic rings. The zero-order valence-corrected chi connectivity index (χ0v) is 16.1. The molecule has 1 aromatic heterocycles. The Bertz CT molecular complexity index is 867. The van der Waals surface area contributed by atoms with Crippen LogP contribution in [0.1, 0.15) is 11.8 Å². The highest BCUT2D eigenvalue weighted by atomic mass is 32.2. The maximum atomic E-state index is 6.13. The van der Waals surface area contributed by atoms with Crippen LogP contribution in [-0.4, -0.2) is 42.7 Å². The van der Waals surface area contributed by atoms with Crippen LogP contribution >= 0.6 is 11.8 Å². The lowest BCUT2D eigenvalue weighted by atomic mass is 10.2. The minimum Gasteiger partial charge on any atom is -0.411 e. The molecule has 0 spiro atoms. The summed E-state index contributed by atoms with van der Waals surface area (Å²) in [5.74, 6) is 1.30. The van der Waals surface area contributed by atoms with E-state index in [2.05, 4.69) is 44.7 Å². The first-order valence-corrected chi connectivity index (χ1v) is 9.85. The second-order valence-corrected chi connectivity index (χ2v) is 7.55. The van der Waals surface area contributed by atoms with E-state index in [4.69, 9.17) is 9.15 Å². The number of hydrogen-bond acceptors (Lipinski definition) is 7. The summed E-state index contributed by atoms with van der Waals surface area (Å²) < 4.78 is 11.9. The van der Waals surface area contributed by atoms with Crippen molar-refractivity contribution in [1.82, 2.24) is 15.5 Å². The van der Waals surface area contributed by atoms with Gasteiger partial charge in [0.15, 0.2) is 0 Å². The summed E-state index contributed by atoms with van der Waals surface area (Å²) in [5, 5.41) is 12.2. The Hall–Kier alpha value is -2.35. The predicted octanol–water partition coefficient (Wildman–Crippen LogP) is 3.58. The van der Waals surface area contributed by atoms with Gasteiger partial charge in [0.2, 0.25) is 5.89 Å². The van der Waals surface area contributed by atoms with Gasteiger partial charge >= 0.3 is 0 Å². The number of nitrogens with zero attached hydrogens (tertiary/aromatic N) is 3. The van der Waals surface area contributed by atoms with E-state index in [0.717, 1.165) is 23.4 Å². The molecule has 0 unspecified atom stereocenters. The quantitative estimate of drug-likeness (QED) is 0.654. The Morgan fingerprint density at radius 2 is 1.85 bits per heavy atom.